The second kappa shape index (κ2) is 10.1. The third kappa shape index (κ3) is 4.74. The van der Waals surface area contributed by atoms with E-state index in [1.165, 1.54) is 24.3 Å². The zero-order valence-electron chi connectivity index (χ0n) is 20.3. The van der Waals surface area contributed by atoms with Gasteiger partial charge in [0.2, 0.25) is 5.95 Å². The number of aromatic nitrogens is 2. The van der Waals surface area contributed by atoms with Crippen LogP contribution in [0.2, 0.25) is 0 Å². The Balaban J connectivity index is 1.12. The third-order valence-electron chi connectivity index (χ3n) is 6.89. The first-order chi connectivity index (χ1) is 18.5. The number of amides is 2. The summed E-state index contributed by atoms with van der Waals surface area (Å²) < 4.78 is 32.9. The number of amidine groups is 1. The minimum Gasteiger partial charge on any atom is -0.432 e. The first-order valence-corrected chi connectivity index (χ1v) is 12.4. The fourth-order valence-corrected chi connectivity index (χ4v) is 4.93. The lowest BCUT2D eigenvalue weighted by molar-refractivity contribution is 0.197. The molecule has 6 rings (SSSR count). The Morgan fingerprint density at radius 2 is 1.82 bits per heavy atom. The number of fused-ring (bicyclic) bond motifs is 1. The van der Waals surface area contributed by atoms with E-state index >= 15 is 0 Å². The van der Waals surface area contributed by atoms with Crippen LogP contribution in [0.1, 0.15) is 36.2 Å². The number of likely N-dealkylation sites (tertiary alicyclic amines) is 1. The van der Waals surface area contributed by atoms with Crippen LogP contribution < -0.4 is 10.6 Å². The van der Waals surface area contributed by atoms with E-state index in [2.05, 4.69) is 15.6 Å². The number of halogens is 2. The van der Waals surface area contributed by atoms with E-state index in [1.54, 1.807) is 41.6 Å². The van der Waals surface area contributed by atoms with Crippen molar-refractivity contribution >= 4 is 23.7 Å². The molecule has 11 heteroatoms. The molecule has 2 N–H and O–H groups in total. The van der Waals surface area contributed by atoms with E-state index in [1.807, 2.05) is 17.2 Å². The van der Waals surface area contributed by atoms with Crippen LogP contribution in [-0.4, -0.2) is 51.0 Å². The molecule has 2 aromatic carbocycles. The summed E-state index contributed by atoms with van der Waals surface area (Å²) in [5.41, 5.74) is 1.76. The van der Waals surface area contributed by atoms with Gasteiger partial charge in [0.15, 0.2) is 0 Å². The van der Waals surface area contributed by atoms with Crippen LogP contribution in [0.4, 0.5) is 25.2 Å². The minimum absolute atomic E-state index is 0.0704. The number of carbonyl (C=O) groups excluding carboxylic acids is 1. The third-order valence-corrected chi connectivity index (χ3v) is 6.89. The Hall–Kier alpha value is -4.54. The Morgan fingerprint density at radius 1 is 1.03 bits per heavy atom. The number of benzene rings is 2. The van der Waals surface area contributed by atoms with Crippen molar-refractivity contribution in [3.63, 3.8) is 0 Å². The van der Waals surface area contributed by atoms with Gasteiger partial charge in [-0.2, -0.15) is 0 Å². The van der Waals surface area contributed by atoms with Gasteiger partial charge < -0.3 is 20.3 Å². The van der Waals surface area contributed by atoms with Crippen LogP contribution in [0, 0.1) is 11.6 Å². The Morgan fingerprint density at radius 3 is 2.61 bits per heavy atom. The molecule has 2 unspecified atom stereocenters. The lowest BCUT2D eigenvalue weighted by Gasteiger charge is -2.32. The molecule has 194 valence electrons. The average molecular weight is 518 g/mol. The highest BCUT2D eigenvalue weighted by Gasteiger charge is 2.41. The number of nitrogens with zero attached hydrogens (tertiary/aromatic N) is 5. The quantitative estimate of drug-likeness (QED) is 0.504. The maximum absolute atomic E-state index is 13.9. The van der Waals surface area contributed by atoms with E-state index in [4.69, 9.17) is 14.7 Å². The zero-order valence-corrected chi connectivity index (χ0v) is 20.3. The minimum atomic E-state index is -0.466. The molecule has 0 bridgehead atoms. The number of hydrogen-bond acceptors (Lipinski definition) is 7. The van der Waals surface area contributed by atoms with Gasteiger partial charge in [-0.05, 0) is 48.7 Å². The van der Waals surface area contributed by atoms with Gasteiger partial charge in [-0.1, -0.05) is 24.3 Å². The first-order valence-electron chi connectivity index (χ1n) is 12.4. The molecule has 38 heavy (non-hydrogen) atoms. The number of para-hydroxylation sites is 1. The molecule has 1 saturated heterocycles. The van der Waals surface area contributed by atoms with Gasteiger partial charge in [-0.3, -0.25) is 4.90 Å². The van der Waals surface area contributed by atoms with Crippen LogP contribution in [0.3, 0.4) is 0 Å². The molecular formula is C27H25F2N7O2. The number of urea groups is 1. The van der Waals surface area contributed by atoms with Crippen molar-refractivity contribution in [1.82, 2.24) is 19.8 Å². The number of anilines is 2. The van der Waals surface area contributed by atoms with Crippen molar-refractivity contribution in [3.05, 3.63) is 96.1 Å². The molecule has 9 nitrogen and oxygen atoms in total. The lowest BCUT2D eigenvalue weighted by Crippen LogP contribution is -2.44. The fourth-order valence-electron chi connectivity index (χ4n) is 4.93. The molecule has 3 aliphatic heterocycles. The van der Waals surface area contributed by atoms with Crippen molar-refractivity contribution in [2.75, 3.05) is 23.7 Å². The highest BCUT2D eigenvalue weighted by Crippen LogP contribution is 2.43. The molecule has 2 atom stereocenters. The summed E-state index contributed by atoms with van der Waals surface area (Å²) in [6.45, 7) is 1.03. The first kappa shape index (κ1) is 23.8. The highest BCUT2D eigenvalue weighted by molar-refractivity contribution is 5.89. The summed E-state index contributed by atoms with van der Waals surface area (Å²) in [4.78, 5) is 30.1. The molecule has 0 spiro atoms. The molecule has 1 aromatic heterocycles. The lowest BCUT2D eigenvalue weighted by atomic mass is 9.97. The monoisotopic (exact) mass is 517 g/mol. The summed E-state index contributed by atoms with van der Waals surface area (Å²) in [6.07, 6.45) is 6.46. The summed E-state index contributed by atoms with van der Waals surface area (Å²) in [6, 6.07) is 13.8. The van der Waals surface area contributed by atoms with Crippen LogP contribution >= 0.6 is 0 Å². The summed E-state index contributed by atoms with van der Waals surface area (Å²) >= 11 is 0. The smallest absolute Gasteiger partial charge is 0.321 e. The molecule has 3 aliphatic rings. The Labute approximate surface area is 217 Å². The normalized spacial score (nSPS) is 20.6. The summed E-state index contributed by atoms with van der Waals surface area (Å²) in [5.74, 6) is -0.295. The standard InChI is InChI=1S/C27H25F2N7O2/c28-18-7-5-17(6-8-18)23-24(36-15-16-38-27(36)34-23)22-9-12-30-25(32-22)31-19-10-13-35(14-11-19)26(37)33-21-4-2-1-3-20(21)29/h1-9,12,15-16,19,23-24H,10-11,13-14H2,(H,33,37)(H,30,31,32). The Bertz CT molecular complexity index is 1390. The number of carbonyl (C=O) groups is 1. The SMILES string of the molecule is O=C(Nc1ccccc1F)N1CCC(Nc2nccc(C3C(c4ccc(F)cc4)N=C4OC=CN43)n2)CC1. The van der Waals surface area contributed by atoms with Crippen molar-refractivity contribution in [1.29, 1.82) is 0 Å². The van der Waals surface area contributed by atoms with Gasteiger partial charge >= 0.3 is 6.03 Å². The van der Waals surface area contributed by atoms with Crippen LogP contribution in [0.25, 0.3) is 0 Å². The van der Waals surface area contributed by atoms with Gasteiger partial charge in [0.25, 0.3) is 6.02 Å². The van der Waals surface area contributed by atoms with E-state index < -0.39 is 5.82 Å². The number of aliphatic imine (C=N–C) groups is 1. The predicted molar refractivity (Wildman–Crippen MR) is 137 cm³/mol. The molecule has 4 heterocycles. The topological polar surface area (TPSA) is 95.0 Å². The van der Waals surface area contributed by atoms with Crippen molar-refractivity contribution < 1.29 is 18.3 Å². The van der Waals surface area contributed by atoms with Gasteiger partial charge in [-0.15, -0.1) is 0 Å². The van der Waals surface area contributed by atoms with Crippen molar-refractivity contribution in [2.45, 2.75) is 31.0 Å². The molecule has 0 aliphatic carbocycles. The van der Waals surface area contributed by atoms with E-state index in [0.717, 1.165) is 11.3 Å². The Kier molecular flexibility index (Phi) is 6.32. The van der Waals surface area contributed by atoms with Gasteiger partial charge in [0.05, 0.1) is 11.4 Å². The molecular weight excluding hydrogens is 492 g/mol. The average Bonchev–Trinajstić information content (AvgIpc) is 3.53. The van der Waals surface area contributed by atoms with Crippen LogP contribution in [0.15, 0.2) is 78.2 Å². The molecule has 1 fully saturated rings. The number of piperidine rings is 1. The maximum atomic E-state index is 13.9. The number of rotatable bonds is 5. The van der Waals surface area contributed by atoms with Crippen LogP contribution in [-0.2, 0) is 4.74 Å². The molecule has 3 aromatic rings. The van der Waals surface area contributed by atoms with E-state index in [0.29, 0.717) is 37.9 Å². The highest BCUT2D eigenvalue weighted by atomic mass is 19.1. The largest absolute Gasteiger partial charge is 0.432 e. The van der Waals surface area contributed by atoms with E-state index in [9.17, 15) is 13.6 Å². The second-order valence-corrected chi connectivity index (χ2v) is 9.28. The number of ether oxygens (including phenoxy) is 1. The van der Waals surface area contributed by atoms with E-state index in [-0.39, 0.29) is 35.7 Å². The van der Waals surface area contributed by atoms with Crippen LogP contribution in [0.5, 0.6) is 0 Å². The second-order valence-electron chi connectivity index (χ2n) is 9.28. The van der Waals surface area contributed by atoms with Gasteiger partial charge in [0.1, 0.15) is 30.0 Å². The zero-order chi connectivity index (χ0) is 26.1. The fraction of sp³-hybridized carbons (Fsp3) is 0.259. The predicted octanol–water partition coefficient (Wildman–Crippen LogP) is 4.82. The summed E-state index contributed by atoms with van der Waals surface area (Å²) in [5, 5.41) is 6.03. The van der Waals surface area contributed by atoms with Crippen molar-refractivity contribution in [2.24, 2.45) is 4.99 Å². The molecule has 0 saturated carbocycles. The number of hydrogen-bond donors (Lipinski definition) is 2. The molecule has 0 radical (unpaired) electrons. The van der Waals surface area contributed by atoms with Gasteiger partial charge in [0, 0.05) is 31.5 Å². The van der Waals surface area contributed by atoms with Gasteiger partial charge in [-0.25, -0.2) is 28.5 Å². The number of nitrogens with one attached hydrogen (secondary N) is 2. The molecule has 2 amide bonds. The van der Waals surface area contributed by atoms with Crippen molar-refractivity contribution in [3.8, 4) is 0 Å². The summed E-state index contributed by atoms with van der Waals surface area (Å²) in [7, 11) is 0. The maximum Gasteiger partial charge on any atom is 0.321 e.